The number of carbonyl (C=O) groups excluding carboxylic acids is 2. The summed E-state index contributed by atoms with van der Waals surface area (Å²) in [7, 11) is 0. The highest BCUT2D eigenvalue weighted by Crippen LogP contribution is 2.39. The van der Waals surface area contributed by atoms with E-state index in [9.17, 15) is 9.59 Å². The molecule has 2 amide bonds. The van der Waals surface area contributed by atoms with Crippen LogP contribution in [0.5, 0.6) is 0 Å². The number of amides is 2. The van der Waals surface area contributed by atoms with Gasteiger partial charge in [0, 0.05) is 19.0 Å². The first-order valence-corrected chi connectivity index (χ1v) is 12.4. The van der Waals surface area contributed by atoms with Gasteiger partial charge in [0.2, 0.25) is 5.91 Å². The fourth-order valence-electron chi connectivity index (χ4n) is 4.81. The Morgan fingerprint density at radius 3 is 2.23 bits per heavy atom. The Morgan fingerprint density at radius 2 is 1.66 bits per heavy atom. The van der Waals surface area contributed by atoms with E-state index in [2.05, 4.69) is 26.1 Å². The number of hydrogen-bond donors (Lipinski definition) is 3. The van der Waals surface area contributed by atoms with Crippen LogP contribution in [-0.4, -0.2) is 28.7 Å². The van der Waals surface area contributed by atoms with Crippen molar-refractivity contribution in [2.24, 2.45) is 17.1 Å². The monoisotopic (exact) mass is 475 g/mol. The van der Waals surface area contributed by atoms with Gasteiger partial charge >= 0.3 is 11.9 Å². The van der Waals surface area contributed by atoms with Gasteiger partial charge in [-0.05, 0) is 60.3 Å². The average Bonchev–Trinajstić information content (AvgIpc) is 2.82. The Balaban J connectivity index is 1.72. The minimum atomic E-state index is -0.351. The van der Waals surface area contributed by atoms with Gasteiger partial charge < -0.3 is 4.90 Å². The van der Waals surface area contributed by atoms with Crippen molar-refractivity contribution in [1.29, 1.82) is 0 Å². The smallest absolute Gasteiger partial charge is 0.335 e. The number of rotatable bonds is 7. The molecule has 0 aromatic heterocycles. The summed E-state index contributed by atoms with van der Waals surface area (Å²) in [6.45, 7) is 7.45. The molecule has 1 fully saturated rings. The first-order valence-electron chi connectivity index (χ1n) is 12.4. The first-order chi connectivity index (χ1) is 16.6. The predicted molar refractivity (Wildman–Crippen MR) is 141 cm³/mol. The number of carbonyl (C=O) groups is 2. The predicted octanol–water partition coefficient (Wildman–Crippen LogP) is 3.53. The van der Waals surface area contributed by atoms with Crippen molar-refractivity contribution < 1.29 is 15.0 Å². The molecule has 0 heterocycles. The van der Waals surface area contributed by atoms with Crippen molar-refractivity contribution in [3.63, 3.8) is 0 Å². The lowest BCUT2D eigenvalue weighted by Gasteiger charge is -2.41. The number of benzene rings is 2. The normalized spacial score (nSPS) is 18.3. The van der Waals surface area contributed by atoms with E-state index < -0.39 is 0 Å². The molecule has 0 bridgehead atoms. The maximum atomic E-state index is 13.4. The van der Waals surface area contributed by atoms with Crippen LogP contribution in [0.4, 0.5) is 0 Å². The maximum absolute atomic E-state index is 13.4. The lowest BCUT2D eigenvalue weighted by atomic mass is 9.71. The van der Waals surface area contributed by atoms with Crippen LogP contribution in [0.15, 0.2) is 60.7 Å². The molecule has 0 unspecified atom stereocenters. The molecule has 1 saturated carbocycles. The Hall–Kier alpha value is -3.41. The number of guanidine groups is 1. The van der Waals surface area contributed by atoms with Gasteiger partial charge in [-0.1, -0.05) is 75.4 Å². The molecule has 0 spiro atoms. The molecular weight excluding hydrogens is 436 g/mol. The summed E-state index contributed by atoms with van der Waals surface area (Å²) in [4.78, 5) is 27.6. The van der Waals surface area contributed by atoms with Gasteiger partial charge in [0.15, 0.2) is 0 Å². The molecule has 1 aliphatic carbocycles. The van der Waals surface area contributed by atoms with Crippen LogP contribution in [0, 0.1) is 11.3 Å². The van der Waals surface area contributed by atoms with Crippen LogP contribution >= 0.6 is 0 Å². The average molecular weight is 476 g/mol. The second-order valence-electron chi connectivity index (χ2n) is 10.5. The molecule has 6 nitrogen and oxygen atoms in total. The third kappa shape index (κ3) is 7.81. The van der Waals surface area contributed by atoms with Gasteiger partial charge in [-0.25, -0.2) is 5.32 Å². The second-order valence-corrected chi connectivity index (χ2v) is 10.5. The van der Waals surface area contributed by atoms with Crippen molar-refractivity contribution in [2.45, 2.75) is 65.5 Å². The van der Waals surface area contributed by atoms with Gasteiger partial charge in [-0.3, -0.25) is 20.7 Å². The van der Waals surface area contributed by atoms with Crippen LogP contribution < -0.4 is 16.5 Å². The quantitative estimate of drug-likeness (QED) is 0.422. The molecule has 0 aliphatic heterocycles. The van der Waals surface area contributed by atoms with Crippen molar-refractivity contribution in [1.82, 2.24) is 10.2 Å². The summed E-state index contributed by atoms with van der Waals surface area (Å²) in [6, 6.07) is 17.5. The number of nitrogens with zero attached hydrogens (tertiary/aromatic N) is 1. The SMILES string of the molecule is CC(C)(C)C1CCC(N(Cc2ccc(C(=O)NC(N)=[NH2+])cc2)C(=O)C/C=C/c2ccccc2)CC1. The highest BCUT2D eigenvalue weighted by atomic mass is 16.2. The Labute approximate surface area is 209 Å². The summed E-state index contributed by atoms with van der Waals surface area (Å²) in [5.41, 5.74) is 8.20. The van der Waals surface area contributed by atoms with Crippen LogP contribution in [0.3, 0.4) is 0 Å². The van der Waals surface area contributed by atoms with Crippen LogP contribution in [0.1, 0.15) is 74.4 Å². The summed E-state index contributed by atoms with van der Waals surface area (Å²) < 4.78 is 0. The molecule has 2 aromatic rings. The molecule has 35 heavy (non-hydrogen) atoms. The lowest BCUT2D eigenvalue weighted by molar-refractivity contribution is -0.134. The van der Waals surface area contributed by atoms with Crippen LogP contribution in [0.25, 0.3) is 6.08 Å². The largest absolute Gasteiger partial charge is 0.346 e. The molecule has 0 atom stereocenters. The molecule has 0 radical (unpaired) electrons. The number of hydrogen-bond acceptors (Lipinski definition) is 2. The van der Waals surface area contributed by atoms with E-state index in [0.29, 0.717) is 29.9 Å². The Morgan fingerprint density at radius 1 is 1.03 bits per heavy atom. The van der Waals surface area contributed by atoms with E-state index in [4.69, 9.17) is 11.1 Å². The highest BCUT2D eigenvalue weighted by molar-refractivity contribution is 6.03. The molecule has 1 aliphatic rings. The number of nitrogens with two attached hydrogens (primary N) is 2. The minimum absolute atomic E-state index is 0.128. The van der Waals surface area contributed by atoms with Gasteiger partial charge in [-0.2, -0.15) is 0 Å². The Bertz CT molecular complexity index is 1030. The van der Waals surface area contributed by atoms with Crippen molar-refractivity contribution >= 4 is 23.8 Å². The van der Waals surface area contributed by atoms with Gasteiger partial charge in [0.05, 0.1) is 5.56 Å². The standard InChI is InChI=1S/C29H38N4O2/c1-29(2,3)24-16-18-25(19-17-24)33(26(34)11-7-10-21-8-5-4-6-9-21)20-22-12-14-23(15-13-22)27(35)32-28(30)31/h4-10,12-15,24-25H,11,16-20H2,1-3H3,(H4,30,31,32,35)/p+1/b10-7+. The fourth-order valence-corrected chi connectivity index (χ4v) is 4.81. The first kappa shape index (κ1) is 26.2. The second kappa shape index (κ2) is 11.8. The third-order valence-corrected chi connectivity index (χ3v) is 6.91. The lowest BCUT2D eigenvalue weighted by Crippen LogP contribution is -2.56. The van der Waals surface area contributed by atoms with E-state index in [-0.39, 0.29) is 23.8 Å². The van der Waals surface area contributed by atoms with Crippen molar-refractivity contribution in [2.75, 3.05) is 0 Å². The Kier molecular flexibility index (Phi) is 8.85. The van der Waals surface area contributed by atoms with E-state index in [1.807, 2.05) is 59.5 Å². The molecule has 3 rings (SSSR count). The van der Waals surface area contributed by atoms with E-state index >= 15 is 0 Å². The molecule has 186 valence electrons. The minimum Gasteiger partial charge on any atom is -0.335 e. The van der Waals surface area contributed by atoms with Gasteiger partial charge in [0.1, 0.15) is 0 Å². The zero-order valence-corrected chi connectivity index (χ0v) is 21.2. The third-order valence-electron chi connectivity index (χ3n) is 6.91. The summed E-state index contributed by atoms with van der Waals surface area (Å²) in [5.74, 6) is 0.322. The zero-order chi connectivity index (χ0) is 25.4. The summed E-state index contributed by atoms with van der Waals surface area (Å²) in [6.07, 6.45) is 8.61. The molecule has 0 saturated heterocycles. The molecule has 5 N–H and O–H groups in total. The molecule has 2 aromatic carbocycles. The van der Waals surface area contributed by atoms with Crippen LogP contribution in [0.2, 0.25) is 0 Å². The van der Waals surface area contributed by atoms with Crippen LogP contribution in [-0.2, 0) is 11.3 Å². The van der Waals surface area contributed by atoms with Crippen molar-refractivity contribution in [3.05, 3.63) is 77.4 Å². The highest BCUT2D eigenvalue weighted by Gasteiger charge is 2.33. The summed E-state index contributed by atoms with van der Waals surface area (Å²) in [5, 5.41) is 7.77. The van der Waals surface area contributed by atoms with E-state index in [1.165, 1.54) is 0 Å². The topological polar surface area (TPSA) is 101 Å². The zero-order valence-electron chi connectivity index (χ0n) is 21.2. The maximum Gasteiger partial charge on any atom is 0.346 e. The van der Waals surface area contributed by atoms with Gasteiger partial charge in [0.25, 0.3) is 0 Å². The number of nitrogens with one attached hydrogen (secondary N) is 1. The summed E-state index contributed by atoms with van der Waals surface area (Å²) >= 11 is 0. The molecule has 6 heteroatoms. The van der Waals surface area contributed by atoms with E-state index in [0.717, 1.165) is 36.8 Å². The van der Waals surface area contributed by atoms with Crippen molar-refractivity contribution in [3.8, 4) is 0 Å². The van der Waals surface area contributed by atoms with E-state index in [1.54, 1.807) is 12.1 Å². The van der Waals surface area contributed by atoms with Gasteiger partial charge in [-0.15, -0.1) is 0 Å². The molecular formula is C29H39N4O2+. The fraction of sp³-hybridized carbons (Fsp3) is 0.414.